The van der Waals surface area contributed by atoms with Crippen LogP contribution >= 0.6 is 0 Å². The molecule has 0 aliphatic rings. The van der Waals surface area contributed by atoms with Gasteiger partial charge in [0, 0.05) is 0 Å². The van der Waals surface area contributed by atoms with Gasteiger partial charge in [-0.05, 0) is 13.0 Å². The van der Waals surface area contributed by atoms with E-state index >= 15 is 0 Å². The van der Waals surface area contributed by atoms with Crippen LogP contribution in [0.5, 0.6) is 0 Å². The summed E-state index contributed by atoms with van der Waals surface area (Å²) in [6.07, 6.45) is -1.26. The standard InChI is InChI=1S/C10H13F2N3O2/c1-2-17-10(16)7-3-6(13)4-14-9(7)15-5-8(11)12/h3-4,8H,2,5,13H2,1H3,(H,14,15). The van der Waals surface area contributed by atoms with Crippen molar-refractivity contribution in [2.45, 2.75) is 13.3 Å². The third-order valence-corrected chi connectivity index (χ3v) is 1.83. The average molecular weight is 245 g/mol. The molecule has 7 heteroatoms. The van der Waals surface area contributed by atoms with Crippen LogP contribution in [0.3, 0.4) is 0 Å². The number of carbonyl (C=O) groups excluding carboxylic acids is 1. The molecule has 0 saturated heterocycles. The van der Waals surface area contributed by atoms with Gasteiger partial charge in [0.15, 0.2) is 0 Å². The molecule has 0 unspecified atom stereocenters. The molecule has 0 spiro atoms. The molecule has 3 N–H and O–H groups in total. The van der Waals surface area contributed by atoms with E-state index in [2.05, 4.69) is 10.3 Å². The van der Waals surface area contributed by atoms with Crippen molar-refractivity contribution in [3.8, 4) is 0 Å². The maximum atomic E-state index is 12.0. The van der Waals surface area contributed by atoms with E-state index in [0.29, 0.717) is 0 Å². The Kier molecular flexibility index (Phi) is 4.62. The summed E-state index contributed by atoms with van der Waals surface area (Å²) in [4.78, 5) is 15.3. The molecule has 0 aliphatic heterocycles. The number of alkyl halides is 2. The molecule has 1 rings (SSSR count). The highest BCUT2D eigenvalue weighted by molar-refractivity contribution is 5.95. The minimum Gasteiger partial charge on any atom is -0.462 e. The zero-order chi connectivity index (χ0) is 12.8. The molecule has 1 heterocycles. The highest BCUT2D eigenvalue weighted by Crippen LogP contribution is 2.17. The highest BCUT2D eigenvalue weighted by Gasteiger charge is 2.15. The van der Waals surface area contributed by atoms with Crippen molar-refractivity contribution in [1.29, 1.82) is 0 Å². The van der Waals surface area contributed by atoms with Crippen LogP contribution in [0.2, 0.25) is 0 Å². The maximum absolute atomic E-state index is 12.0. The van der Waals surface area contributed by atoms with Gasteiger partial charge in [-0.25, -0.2) is 18.6 Å². The van der Waals surface area contributed by atoms with Crippen molar-refractivity contribution in [2.24, 2.45) is 0 Å². The molecule has 0 fully saturated rings. The number of hydrogen-bond donors (Lipinski definition) is 2. The van der Waals surface area contributed by atoms with Gasteiger partial charge in [-0.15, -0.1) is 0 Å². The van der Waals surface area contributed by atoms with Crippen LogP contribution in [0.1, 0.15) is 17.3 Å². The third kappa shape index (κ3) is 3.86. The molecule has 17 heavy (non-hydrogen) atoms. The molecule has 0 amide bonds. The van der Waals surface area contributed by atoms with Crippen LogP contribution in [0.25, 0.3) is 0 Å². The van der Waals surface area contributed by atoms with Crippen LogP contribution in [0.15, 0.2) is 12.3 Å². The first-order chi connectivity index (χ1) is 8.04. The molecule has 1 aromatic rings. The lowest BCUT2D eigenvalue weighted by atomic mass is 10.2. The molecule has 0 radical (unpaired) electrons. The smallest absolute Gasteiger partial charge is 0.341 e. The summed E-state index contributed by atoms with van der Waals surface area (Å²) in [5.74, 6) is -0.609. The predicted molar refractivity (Wildman–Crippen MR) is 59.1 cm³/mol. The van der Waals surface area contributed by atoms with Crippen molar-refractivity contribution in [1.82, 2.24) is 4.98 Å². The van der Waals surface area contributed by atoms with E-state index in [0.717, 1.165) is 0 Å². The van der Waals surface area contributed by atoms with Gasteiger partial charge in [-0.1, -0.05) is 0 Å². The summed E-state index contributed by atoms with van der Waals surface area (Å²) in [5.41, 5.74) is 5.78. The second-order valence-electron chi connectivity index (χ2n) is 3.16. The predicted octanol–water partition coefficient (Wildman–Crippen LogP) is 1.52. The Bertz CT molecular complexity index is 399. The number of nitrogens with one attached hydrogen (secondary N) is 1. The Morgan fingerprint density at radius 1 is 1.65 bits per heavy atom. The number of esters is 1. The number of aromatic nitrogens is 1. The average Bonchev–Trinajstić information content (AvgIpc) is 2.27. The summed E-state index contributed by atoms with van der Waals surface area (Å²) in [6, 6.07) is 1.33. The molecule has 0 aliphatic carbocycles. The fraction of sp³-hybridized carbons (Fsp3) is 0.400. The number of rotatable bonds is 5. The first kappa shape index (κ1) is 13.1. The van der Waals surface area contributed by atoms with Gasteiger partial charge in [0.1, 0.15) is 11.4 Å². The maximum Gasteiger partial charge on any atom is 0.341 e. The Morgan fingerprint density at radius 3 is 2.94 bits per heavy atom. The van der Waals surface area contributed by atoms with Gasteiger partial charge < -0.3 is 15.8 Å². The number of halogens is 2. The zero-order valence-electron chi connectivity index (χ0n) is 9.24. The van der Waals surface area contributed by atoms with Crippen molar-refractivity contribution in [3.05, 3.63) is 17.8 Å². The van der Waals surface area contributed by atoms with Gasteiger partial charge in [0.25, 0.3) is 6.43 Å². The first-order valence-corrected chi connectivity index (χ1v) is 4.99. The normalized spacial score (nSPS) is 10.4. The molecule has 1 aromatic heterocycles. The highest BCUT2D eigenvalue weighted by atomic mass is 19.3. The van der Waals surface area contributed by atoms with E-state index in [-0.39, 0.29) is 23.7 Å². The van der Waals surface area contributed by atoms with E-state index in [9.17, 15) is 13.6 Å². The number of nitrogen functional groups attached to an aromatic ring is 1. The van der Waals surface area contributed by atoms with Crippen molar-refractivity contribution < 1.29 is 18.3 Å². The summed E-state index contributed by atoms with van der Waals surface area (Å²) in [6.45, 7) is 1.23. The lowest BCUT2D eigenvalue weighted by Crippen LogP contribution is -2.16. The second kappa shape index (κ2) is 5.97. The van der Waals surface area contributed by atoms with Crippen molar-refractivity contribution in [2.75, 3.05) is 24.2 Å². The van der Waals surface area contributed by atoms with Gasteiger partial charge in [-0.3, -0.25) is 0 Å². The summed E-state index contributed by atoms with van der Waals surface area (Å²) >= 11 is 0. The quantitative estimate of drug-likeness (QED) is 0.769. The van der Waals surface area contributed by atoms with Gasteiger partial charge >= 0.3 is 5.97 Å². The Labute approximate surface area is 97.0 Å². The number of pyridine rings is 1. The Morgan fingerprint density at radius 2 is 2.35 bits per heavy atom. The van der Waals surface area contributed by atoms with Crippen molar-refractivity contribution >= 4 is 17.5 Å². The number of nitrogens with zero attached hydrogens (tertiary/aromatic N) is 1. The van der Waals surface area contributed by atoms with Crippen LogP contribution < -0.4 is 11.1 Å². The molecular formula is C10H13F2N3O2. The van der Waals surface area contributed by atoms with Gasteiger partial charge in [-0.2, -0.15) is 0 Å². The number of nitrogens with two attached hydrogens (primary N) is 1. The number of hydrogen-bond acceptors (Lipinski definition) is 5. The number of anilines is 2. The van der Waals surface area contributed by atoms with Gasteiger partial charge in [0.2, 0.25) is 0 Å². The zero-order valence-corrected chi connectivity index (χ0v) is 9.24. The molecule has 94 valence electrons. The van der Waals surface area contributed by atoms with E-state index in [1.807, 2.05) is 0 Å². The Balaban J connectivity index is 2.91. The minimum atomic E-state index is -2.54. The van der Waals surface area contributed by atoms with Crippen LogP contribution in [-0.4, -0.2) is 30.5 Å². The summed E-state index contributed by atoms with van der Waals surface area (Å²) < 4.78 is 28.9. The first-order valence-electron chi connectivity index (χ1n) is 4.99. The van der Waals surface area contributed by atoms with Crippen molar-refractivity contribution in [3.63, 3.8) is 0 Å². The topological polar surface area (TPSA) is 77.2 Å². The minimum absolute atomic E-state index is 0.0398. The van der Waals surface area contributed by atoms with Gasteiger partial charge in [0.05, 0.1) is 25.0 Å². The van der Waals surface area contributed by atoms with E-state index in [1.165, 1.54) is 12.3 Å². The van der Waals surface area contributed by atoms with E-state index in [4.69, 9.17) is 10.5 Å². The second-order valence-corrected chi connectivity index (χ2v) is 3.16. The monoisotopic (exact) mass is 245 g/mol. The SMILES string of the molecule is CCOC(=O)c1cc(N)cnc1NCC(F)F. The van der Waals surface area contributed by atoms with E-state index < -0.39 is 18.9 Å². The Hall–Kier alpha value is -1.92. The molecule has 0 saturated carbocycles. The number of carbonyl (C=O) groups is 1. The molecule has 0 bridgehead atoms. The largest absolute Gasteiger partial charge is 0.462 e. The molecule has 5 nitrogen and oxygen atoms in total. The summed E-state index contributed by atoms with van der Waals surface area (Å²) in [7, 11) is 0. The molecule has 0 atom stereocenters. The third-order valence-electron chi connectivity index (χ3n) is 1.83. The lowest BCUT2D eigenvalue weighted by Gasteiger charge is -2.10. The van der Waals surface area contributed by atoms with Crippen LogP contribution in [0, 0.1) is 0 Å². The molecule has 0 aromatic carbocycles. The summed E-state index contributed by atoms with van der Waals surface area (Å²) in [5, 5.41) is 2.36. The lowest BCUT2D eigenvalue weighted by molar-refractivity contribution is 0.0527. The fourth-order valence-corrected chi connectivity index (χ4v) is 1.16. The number of ether oxygens (including phenoxy) is 1. The van der Waals surface area contributed by atoms with Crippen LogP contribution in [0.4, 0.5) is 20.3 Å². The molecular weight excluding hydrogens is 232 g/mol. The van der Waals surface area contributed by atoms with Crippen LogP contribution in [-0.2, 0) is 4.74 Å². The van der Waals surface area contributed by atoms with E-state index in [1.54, 1.807) is 6.92 Å². The fourth-order valence-electron chi connectivity index (χ4n) is 1.16.